The topological polar surface area (TPSA) is 116 Å². The monoisotopic (exact) mass is 502 g/mol. The van der Waals surface area contributed by atoms with Gasteiger partial charge in [0.25, 0.3) is 0 Å². The number of halogens is 1. The zero-order valence-electron chi connectivity index (χ0n) is 19.1. The second-order valence-corrected chi connectivity index (χ2v) is 7.84. The number of alkyl halides is 1. The van der Waals surface area contributed by atoms with Crippen molar-refractivity contribution < 1.29 is 42.9 Å². The molecule has 0 aromatic heterocycles. The molecule has 1 atom stereocenters. The number of allylic oxidation sites excluding steroid dienone is 1. The summed E-state index contributed by atoms with van der Waals surface area (Å²) in [6.45, 7) is 0. The van der Waals surface area contributed by atoms with E-state index in [1.165, 1.54) is 48.5 Å². The van der Waals surface area contributed by atoms with Gasteiger partial charge < -0.3 is 19.3 Å². The maximum atomic E-state index is 16.5. The predicted molar refractivity (Wildman–Crippen MR) is 127 cm³/mol. The van der Waals surface area contributed by atoms with Gasteiger partial charge in [0.15, 0.2) is 5.76 Å². The molecule has 0 saturated carbocycles. The first-order valence-corrected chi connectivity index (χ1v) is 11.0. The molecule has 0 saturated heterocycles. The Morgan fingerprint density at radius 3 is 1.57 bits per heavy atom. The lowest BCUT2D eigenvalue weighted by Gasteiger charge is -2.31. The van der Waals surface area contributed by atoms with Crippen molar-refractivity contribution in [2.45, 2.75) is 12.3 Å². The molecule has 1 N–H and O–H groups in total. The molecule has 3 aromatic carbocycles. The van der Waals surface area contributed by atoms with Crippen LogP contribution in [0, 0.1) is 0 Å². The standard InChI is InChI=1S/C28H19FO8/c29-28(37-27(34)20-14-8-3-9-15-20)17-21(24(30)31)16-22(35-25(32)18-10-4-1-5-11-18)23(28)36-26(33)19-12-6-2-7-13-19/h1-16H,17H2,(H,30,31). The largest absolute Gasteiger partial charge is 0.478 e. The lowest BCUT2D eigenvalue weighted by molar-refractivity contribution is -0.137. The number of carbonyl (C=O) groups excluding carboxylic acids is 3. The third-order valence-electron chi connectivity index (χ3n) is 5.24. The van der Waals surface area contributed by atoms with E-state index in [9.17, 15) is 24.3 Å². The SMILES string of the molecule is O=C(O)C1=CC(OC(=O)c2ccccc2)=C(OC(=O)c2ccccc2)C(F)(OC(=O)c2ccccc2)C1. The van der Waals surface area contributed by atoms with E-state index < -0.39 is 53.2 Å². The minimum Gasteiger partial charge on any atom is -0.478 e. The van der Waals surface area contributed by atoms with Crippen molar-refractivity contribution in [2.24, 2.45) is 0 Å². The molecular weight excluding hydrogens is 483 g/mol. The Kier molecular flexibility index (Phi) is 7.24. The number of esters is 3. The summed E-state index contributed by atoms with van der Waals surface area (Å²) in [4.78, 5) is 50.1. The highest BCUT2D eigenvalue weighted by atomic mass is 19.2. The summed E-state index contributed by atoms with van der Waals surface area (Å²) < 4.78 is 32.1. The molecule has 8 nitrogen and oxygen atoms in total. The lowest BCUT2D eigenvalue weighted by atomic mass is 9.97. The third-order valence-corrected chi connectivity index (χ3v) is 5.24. The van der Waals surface area contributed by atoms with Gasteiger partial charge in [-0.3, -0.25) is 0 Å². The molecule has 3 aromatic rings. The number of benzene rings is 3. The summed E-state index contributed by atoms with van der Waals surface area (Å²) in [5, 5.41) is 9.59. The summed E-state index contributed by atoms with van der Waals surface area (Å²) in [7, 11) is 0. The molecule has 1 unspecified atom stereocenters. The minimum absolute atomic E-state index is 0.0217. The van der Waals surface area contributed by atoms with E-state index in [4.69, 9.17) is 14.2 Å². The highest BCUT2D eigenvalue weighted by molar-refractivity contribution is 5.94. The summed E-state index contributed by atoms with van der Waals surface area (Å²) in [5.74, 6) is -9.75. The second-order valence-electron chi connectivity index (χ2n) is 7.84. The molecule has 1 aliphatic rings. The molecule has 0 heterocycles. The Bertz CT molecular complexity index is 1400. The van der Waals surface area contributed by atoms with E-state index in [1.807, 2.05) is 0 Å². The summed E-state index contributed by atoms with van der Waals surface area (Å²) >= 11 is 0. The van der Waals surface area contributed by atoms with Crippen LogP contribution in [0.3, 0.4) is 0 Å². The maximum absolute atomic E-state index is 16.5. The molecule has 37 heavy (non-hydrogen) atoms. The molecule has 0 fully saturated rings. The van der Waals surface area contributed by atoms with Crippen LogP contribution in [0.4, 0.5) is 4.39 Å². The van der Waals surface area contributed by atoms with E-state index in [-0.39, 0.29) is 16.7 Å². The molecule has 186 valence electrons. The average molecular weight is 502 g/mol. The highest BCUT2D eigenvalue weighted by Crippen LogP contribution is 2.40. The van der Waals surface area contributed by atoms with Crippen LogP contribution in [0.15, 0.2) is 114 Å². The van der Waals surface area contributed by atoms with E-state index in [0.717, 1.165) is 6.08 Å². The van der Waals surface area contributed by atoms with Crippen molar-refractivity contribution in [3.63, 3.8) is 0 Å². The van der Waals surface area contributed by atoms with Gasteiger partial charge in [-0.1, -0.05) is 54.6 Å². The van der Waals surface area contributed by atoms with Crippen LogP contribution in [0.5, 0.6) is 0 Å². The van der Waals surface area contributed by atoms with Gasteiger partial charge in [0.05, 0.1) is 23.1 Å². The summed E-state index contributed by atoms with van der Waals surface area (Å²) in [6.07, 6.45) is -0.157. The Balaban J connectivity index is 1.79. The van der Waals surface area contributed by atoms with E-state index in [1.54, 1.807) is 42.5 Å². The van der Waals surface area contributed by atoms with Crippen molar-refractivity contribution >= 4 is 23.9 Å². The Morgan fingerprint density at radius 1 is 0.676 bits per heavy atom. The Hall–Kier alpha value is -5.05. The second kappa shape index (κ2) is 10.7. The summed E-state index contributed by atoms with van der Waals surface area (Å²) in [5.41, 5.74) is -0.542. The van der Waals surface area contributed by atoms with Gasteiger partial charge >= 0.3 is 29.7 Å². The van der Waals surface area contributed by atoms with Crippen LogP contribution >= 0.6 is 0 Å². The number of aliphatic carboxylic acids is 1. The molecule has 0 spiro atoms. The number of carboxylic acid groups (broad SMARTS) is 1. The van der Waals surface area contributed by atoms with Gasteiger partial charge in [0, 0.05) is 5.57 Å². The lowest BCUT2D eigenvalue weighted by Crippen LogP contribution is -2.39. The molecule has 0 radical (unpaired) electrons. The molecule has 4 rings (SSSR count). The van der Waals surface area contributed by atoms with Gasteiger partial charge in [-0.25, -0.2) is 19.2 Å². The van der Waals surface area contributed by atoms with E-state index in [2.05, 4.69) is 0 Å². The third kappa shape index (κ3) is 5.79. The molecular formula is C28H19FO8. The predicted octanol–water partition coefficient (Wildman–Crippen LogP) is 4.85. The number of rotatable bonds is 7. The zero-order valence-corrected chi connectivity index (χ0v) is 19.1. The first kappa shape index (κ1) is 25.1. The summed E-state index contributed by atoms with van der Waals surface area (Å²) in [6, 6.07) is 22.5. The van der Waals surface area contributed by atoms with Crippen molar-refractivity contribution in [2.75, 3.05) is 0 Å². The molecule has 0 aliphatic heterocycles. The van der Waals surface area contributed by atoms with Crippen LogP contribution in [0.1, 0.15) is 37.5 Å². The van der Waals surface area contributed by atoms with Crippen LogP contribution in [-0.4, -0.2) is 34.8 Å². The van der Waals surface area contributed by atoms with Crippen LogP contribution < -0.4 is 0 Å². The van der Waals surface area contributed by atoms with Gasteiger partial charge in [-0.2, -0.15) is 4.39 Å². The molecule has 0 bridgehead atoms. The Morgan fingerprint density at radius 2 is 1.11 bits per heavy atom. The van der Waals surface area contributed by atoms with E-state index in [0.29, 0.717) is 0 Å². The average Bonchev–Trinajstić information content (AvgIpc) is 2.91. The fourth-order valence-corrected chi connectivity index (χ4v) is 3.45. The Labute approximate surface area is 210 Å². The fraction of sp³-hybridized carbons (Fsp3) is 0.0714. The quantitative estimate of drug-likeness (QED) is 0.360. The van der Waals surface area contributed by atoms with Crippen molar-refractivity contribution in [1.82, 2.24) is 0 Å². The number of hydrogen-bond donors (Lipinski definition) is 1. The number of ether oxygens (including phenoxy) is 3. The van der Waals surface area contributed by atoms with Crippen LogP contribution in [-0.2, 0) is 19.0 Å². The maximum Gasteiger partial charge on any atom is 0.343 e. The van der Waals surface area contributed by atoms with Crippen LogP contribution in [0.2, 0.25) is 0 Å². The van der Waals surface area contributed by atoms with Gasteiger partial charge in [0.2, 0.25) is 5.76 Å². The fourth-order valence-electron chi connectivity index (χ4n) is 3.45. The normalized spacial score (nSPS) is 16.8. The van der Waals surface area contributed by atoms with E-state index >= 15 is 4.39 Å². The minimum atomic E-state index is -3.30. The first-order valence-electron chi connectivity index (χ1n) is 11.0. The first-order chi connectivity index (χ1) is 17.8. The number of carboxylic acids is 1. The number of hydrogen-bond acceptors (Lipinski definition) is 7. The molecule has 1 aliphatic carbocycles. The highest BCUT2D eigenvalue weighted by Gasteiger charge is 2.49. The number of carbonyl (C=O) groups is 4. The molecule has 9 heteroatoms. The van der Waals surface area contributed by atoms with Crippen LogP contribution in [0.25, 0.3) is 0 Å². The zero-order chi connectivity index (χ0) is 26.4. The van der Waals surface area contributed by atoms with Crippen molar-refractivity contribution in [3.05, 3.63) is 131 Å². The van der Waals surface area contributed by atoms with Gasteiger partial charge in [-0.05, 0) is 42.5 Å². The van der Waals surface area contributed by atoms with Gasteiger partial charge in [-0.15, -0.1) is 0 Å². The van der Waals surface area contributed by atoms with Crippen molar-refractivity contribution in [1.29, 1.82) is 0 Å². The van der Waals surface area contributed by atoms with Gasteiger partial charge in [0.1, 0.15) is 0 Å². The smallest absolute Gasteiger partial charge is 0.343 e. The molecule has 0 amide bonds. The van der Waals surface area contributed by atoms with Crippen molar-refractivity contribution in [3.8, 4) is 0 Å².